The number of nitrogens with one attached hydrogen (secondary N) is 1. The van der Waals surface area contributed by atoms with Crippen molar-refractivity contribution in [2.75, 3.05) is 25.4 Å². The molecule has 23 heavy (non-hydrogen) atoms. The van der Waals surface area contributed by atoms with Gasteiger partial charge in [-0.25, -0.2) is 0 Å². The van der Waals surface area contributed by atoms with E-state index in [4.69, 9.17) is 10.2 Å². The van der Waals surface area contributed by atoms with Gasteiger partial charge in [0.25, 0.3) is 5.91 Å². The maximum atomic E-state index is 12.4. The van der Waals surface area contributed by atoms with Crippen LogP contribution in [0, 0.1) is 5.92 Å². The van der Waals surface area contributed by atoms with Crippen LogP contribution in [-0.2, 0) is 0 Å². The fourth-order valence-corrected chi connectivity index (χ4v) is 3.73. The number of piperidine rings is 1. The topological polar surface area (TPSA) is 71.5 Å². The lowest BCUT2D eigenvalue weighted by Crippen LogP contribution is -2.46. The fourth-order valence-electron chi connectivity index (χ4n) is 3.73. The molecule has 1 aromatic heterocycles. The van der Waals surface area contributed by atoms with E-state index in [1.165, 1.54) is 13.0 Å². The Morgan fingerprint density at radius 2 is 2.17 bits per heavy atom. The summed E-state index contributed by atoms with van der Waals surface area (Å²) in [6.45, 7) is 3.30. The van der Waals surface area contributed by atoms with Crippen molar-refractivity contribution < 1.29 is 9.21 Å². The molecule has 2 fully saturated rings. The van der Waals surface area contributed by atoms with E-state index in [1.54, 1.807) is 6.07 Å². The van der Waals surface area contributed by atoms with Crippen molar-refractivity contribution in [2.24, 2.45) is 5.92 Å². The van der Waals surface area contributed by atoms with Crippen molar-refractivity contribution in [3.05, 3.63) is 42.2 Å². The van der Waals surface area contributed by atoms with Crippen LogP contribution in [0.2, 0.25) is 0 Å². The molecule has 120 valence electrons. The second-order valence-electron chi connectivity index (χ2n) is 6.61. The SMILES string of the molecule is Nc1cccc(-c2ccc(C(=O)N[C@@H]3C[C@H]4CCN(C4)C3)o2)c1. The number of nitrogens with two attached hydrogens (primary N) is 1. The number of hydrogen-bond acceptors (Lipinski definition) is 4. The van der Waals surface area contributed by atoms with E-state index in [2.05, 4.69) is 10.2 Å². The third-order valence-corrected chi connectivity index (χ3v) is 4.80. The van der Waals surface area contributed by atoms with Crippen LogP contribution < -0.4 is 11.1 Å². The number of fused-ring (bicyclic) bond motifs is 2. The summed E-state index contributed by atoms with van der Waals surface area (Å²) >= 11 is 0. The Morgan fingerprint density at radius 1 is 1.26 bits per heavy atom. The quantitative estimate of drug-likeness (QED) is 0.854. The molecule has 0 aliphatic carbocycles. The first-order valence-corrected chi connectivity index (χ1v) is 8.16. The van der Waals surface area contributed by atoms with Crippen LogP contribution in [0.3, 0.4) is 0 Å². The first-order chi connectivity index (χ1) is 11.2. The predicted octanol–water partition coefficient (Wildman–Crippen LogP) is 2.35. The molecule has 1 aromatic carbocycles. The van der Waals surface area contributed by atoms with Crippen LogP contribution in [0.1, 0.15) is 23.4 Å². The summed E-state index contributed by atoms with van der Waals surface area (Å²) < 4.78 is 5.72. The number of nitrogen functional groups attached to an aromatic ring is 1. The molecule has 4 rings (SSSR count). The van der Waals surface area contributed by atoms with Crippen LogP contribution >= 0.6 is 0 Å². The molecule has 2 aliphatic rings. The summed E-state index contributed by atoms with van der Waals surface area (Å²) in [5.41, 5.74) is 7.35. The van der Waals surface area contributed by atoms with Crippen LogP contribution in [0.25, 0.3) is 11.3 Å². The zero-order valence-electron chi connectivity index (χ0n) is 13.0. The third-order valence-electron chi connectivity index (χ3n) is 4.80. The molecule has 0 radical (unpaired) electrons. The second kappa shape index (κ2) is 5.74. The number of rotatable bonds is 3. The van der Waals surface area contributed by atoms with Gasteiger partial charge in [-0.3, -0.25) is 4.79 Å². The summed E-state index contributed by atoms with van der Waals surface area (Å²) in [5.74, 6) is 1.62. The first-order valence-electron chi connectivity index (χ1n) is 8.16. The van der Waals surface area contributed by atoms with Crippen LogP contribution in [0.5, 0.6) is 0 Å². The number of amides is 1. The molecular weight excluding hydrogens is 290 g/mol. The number of anilines is 1. The number of carbonyl (C=O) groups is 1. The monoisotopic (exact) mass is 311 g/mol. The zero-order chi connectivity index (χ0) is 15.8. The van der Waals surface area contributed by atoms with Crippen molar-refractivity contribution in [3.8, 4) is 11.3 Å². The predicted molar refractivity (Wildman–Crippen MR) is 89.0 cm³/mol. The molecule has 5 nitrogen and oxygen atoms in total. The van der Waals surface area contributed by atoms with E-state index in [1.807, 2.05) is 30.3 Å². The number of benzene rings is 1. The number of nitrogens with zero attached hydrogens (tertiary/aromatic N) is 1. The number of hydrogen-bond donors (Lipinski definition) is 2. The highest BCUT2D eigenvalue weighted by atomic mass is 16.3. The van der Waals surface area contributed by atoms with Gasteiger partial charge in [-0.05, 0) is 49.6 Å². The Labute approximate surface area is 135 Å². The minimum Gasteiger partial charge on any atom is -0.451 e. The molecule has 1 amide bonds. The fraction of sp³-hybridized carbons (Fsp3) is 0.389. The molecule has 0 saturated carbocycles. The van der Waals surface area contributed by atoms with Crippen molar-refractivity contribution in [3.63, 3.8) is 0 Å². The molecule has 5 heteroatoms. The lowest BCUT2D eigenvalue weighted by molar-refractivity contribution is 0.0882. The van der Waals surface area contributed by atoms with Crippen molar-refractivity contribution in [1.82, 2.24) is 10.2 Å². The molecule has 2 bridgehead atoms. The van der Waals surface area contributed by atoms with Crippen molar-refractivity contribution >= 4 is 11.6 Å². The minimum absolute atomic E-state index is 0.132. The van der Waals surface area contributed by atoms with Gasteiger partial charge in [0, 0.05) is 30.4 Å². The Bertz CT molecular complexity index is 713. The molecule has 2 aliphatic heterocycles. The van der Waals surface area contributed by atoms with Crippen LogP contribution in [0.15, 0.2) is 40.8 Å². The molecule has 3 atom stereocenters. The average Bonchev–Trinajstić information content (AvgIpc) is 3.14. The van der Waals surface area contributed by atoms with Gasteiger partial charge in [-0.2, -0.15) is 0 Å². The highest BCUT2D eigenvalue weighted by Gasteiger charge is 2.33. The normalized spacial score (nSPS) is 26.2. The van der Waals surface area contributed by atoms with Crippen LogP contribution in [0.4, 0.5) is 5.69 Å². The molecular formula is C18H21N3O2. The summed E-state index contributed by atoms with van der Waals surface area (Å²) in [4.78, 5) is 14.8. The summed E-state index contributed by atoms with van der Waals surface area (Å²) in [5, 5.41) is 3.11. The van der Waals surface area contributed by atoms with Crippen molar-refractivity contribution in [1.29, 1.82) is 0 Å². The number of furan rings is 1. The Morgan fingerprint density at radius 3 is 3.00 bits per heavy atom. The minimum atomic E-state index is -0.132. The zero-order valence-corrected chi connectivity index (χ0v) is 13.0. The third kappa shape index (κ3) is 2.97. The first kappa shape index (κ1) is 14.3. The van der Waals surface area contributed by atoms with Gasteiger partial charge in [0.15, 0.2) is 5.76 Å². The van der Waals surface area contributed by atoms with Gasteiger partial charge < -0.3 is 20.4 Å². The van der Waals surface area contributed by atoms with Crippen molar-refractivity contribution in [2.45, 2.75) is 18.9 Å². The highest BCUT2D eigenvalue weighted by Crippen LogP contribution is 2.27. The van der Waals surface area contributed by atoms with E-state index in [0.717, 1.165) is 31.0 Å². The van der Waals surface area contributed by atoms with Gasteiger partial charge in [0.2, 0.25) is 0 Å². The maximum absolute atomic E-state index is 12.4. The lowest BCUT2D eigenvalue weighted by Gasteiger charge is -2.30. The van der Waals surface area contributed by atoms with Gasteiger partial charge in [0.1, 0.15) is 5.76 Å². The van der Waals surface area contributed by atoms with E-state index in [0.29, 0.717) is 17.2 Å². The van der Waals surface area contributed by atoms with Crippen LogP contribution in [-0.4, -0.2) is 36.5 Å². The Balaban J connectivity index is 1.45. The van der Waals surface area contributed by atoms with Gasteiger partial charge in [-0.1, -0.05) is 12.1 Å². The Hall–Kier alpha value is -2.27. The smallest absolute Gasteiger partial charge is 0.287 e. The maximum Gasteiger partial charge on any atom is 0.287 e. The second-order valence-corrected chi connectivity index (χ2v) is 6.61. The highest BCUT2D eigenvalue weighted by molar-refractivity contribution is 5.92. The van der Waals surface area contributed by atoms with Gasteiger partial charge in [-0.15, -0.1) is 0 Å². The standard InChI is InChI=1S/C18H21N3O2/c19-14-3-1-2-13(9-14)16-4-5-17(23-16)18(22)20-15-8-12-6-7-21(10-12)11-15/h1-5,9,12,15H,6-8,10-11,19H2,(H,20,22)/t12-,15-/m1/s1. The lowest BCUT2D eigenvalue weighted by atomic mass is 9.97. The molecule has 3 N–H and O–H groups in total. The molecule has 2 saturated heterocycles. The average molecular weight is 311 g/mol. The molecule has 1 unspecified atom stereocenters. The molecule has 3 heterocycles. The summed E-state index contributed by atoms with van der Waals surface area (Å²) in [7, 11) is 0. The van der Waals surface area contributed by atoms with E-state index in [-0.39, 0.29) is 11.9 Å². The number of carbonyl (C=O) groups excluding carboxylic acids is 1. The summed E-state index contributed by atoms with van der Waals surface area (Å²) in [6, 6.07) is 11.2. The van der Waals surface area contributed by atoms with Gasteiger partial charge in [0.05, 0.1) is 0 Å². The van der Waals surface area contributed by atoms with E-state index >= 15 is 0 Å². The largest absolute Gasteiger partial charge is 0.451 e. The molecule has 2 aromatic rings. The summed E-state index contributed by atoms with van der Waals surface area (Å²) in [6.07, 6.45) is 2.33. The Kier molecular flexibility index (Phi) is 3.58. The molecule has 0 spiro atoms. The van der Waals surface area contributed by atoms with E-state index in [9.17, 15) is 4.79 Å². The van der Waals surface area contributed by atoms with E-state index < -0.39 is 0 Å². The van der Waals surface area contributed by atoms with Gasteiger partial charge >= 0.3 is 0 Å².